The van der Waals surface area contributed by atoms with E-state index in [1.54, 1.807) is 16.7 Å². The second kappa shape index (κ2) is 6.84. The molecule has 0 atom stereocenters. The van der Waals surface area contributed by atoms with E-state index in [-0.39, 0.29) is 21.5 Å². The fourth-order valence-corrected chi connectivity index (χ4v) is 5.09. The van der Waals surface area contributed by atoms with Crippen molar-refractivity contribution >= 4 is 37.9 Å². The van der Waals surface area contributed by atoms with E-state index in [0.29, 0.717) is 28.7 Å². The highest BCUT2D eigenvalue weighted by Gasteiger charge is 2.30. The third-order valence-corrected chi connectivity index (χ3v) is 6.97. The Bertz CT molecular complexity index is 1350. The van der Waals surface area contributed by atoms with Crippen molar-refractivity contribution in [3.63, 3.8) is 0 Å². The van der Waals surface area contributed by atoms with Gasteiger partial charge < -0.3 is 10.3 Å². The van der Waals surface area contributed by atoms with E-state index in [1.807, 2.05) is 44.2 Å². The van der Waals surface area contributed by atoms with Crippen LogP contribution in [-0.4, -0.2) is 23.0 Å². The Balaban J connectivity index is 2.08. The van der Waals surface area contributed by atoms with Gasteiger partial charge in [-0.3, -0.25) is 0 Å². The lowest BCUT2D eigenvalue weighted by molar-refractivity contribution is 0.535. The van der Waals surface area contributed by atoms with Crippen molar-refractivity contribution in [2.24, 2.45) is 5.92 Å². The summed E-state index contributed by atoms with van der Waals surface area (Å²) in [6.45, 7) is 8.51. The quantitative estimate of drug-likeness (QED) is 0.544. The third kappa shape index (κ3) is 3.15. The zero-order chi connectivity index (χ0) is 20.9. The molecule has 0 spiro atoms. The first-order valence-electron chi connectivity index (χ1n) is 9.57. The van der Waals surface area contributed by atoms with Gasteiger partial charge in [0.2, 0.25) is 9.84 Å². The maximum Gasteiger partial charge on any atom is 0.212 e. The Morgan fingerprint density at radius 3 is 2.28 bits per heavy atom. The first kappa shape index (κ1) is 19.4. The molecule has 0 radical (unpaired) electrons. The maximum absolute atomic E-state index is 13.6. The summed E-state index contributed by atoms with van der Waals surface area (Å²) in [4.78, 5) is 9.61. The monoisotopic (exact) mass is 408 g/mol. The lowest BCUT2D eigenvalue weighted by Crippen LogP contribution is -2.11. The van der Waals surface area contributed by atoms with E-state index in [1.165, 1.54) is 0 Å². The van der Waals surface area contributed by atoms with Crippen LogP contribution in [0.4, 0.5) is 5.82 Å². The molecule has 0 unspecified atom stereocenters. The minimum atomic E-state index is -3.87. The van der Waals surface area contributed by atoms with Crippen LogP contribution in [-0.2, 0) is 16.4 Å². The number of aromatic nitrogens is 3. The normalized spacial score (nSPS) is 12.3. The smallest absolute Gasteiger partial charge is 0.212 e. The SMILES string of the molecule is Cc1ccc(S(=O)(=O)c2c(N)n(CC(C)C)c3nc4ccccc4nc23)cc1C. The number of aryl methyl sites for hydroxylation is 2. The number of para-hydroxylation sites is 2. The predicted molar refractivity (Wildman–Crippen MR) is 116 cm³/mol. The molecule has 2 aromatic heterocycles. The fraction of sp³-hybridized carbons (Fsp3) is 0.273. The number of anilines is 1. The molecule has 4 rings (SSSR count). The average Bonchev–Trinajstić information content (AvgIpc) is 2.93. The molecule has 0 saturated carbocycles. The van der Waals surface area contributed by atoms with Gasteiger partial charge in [0.05, 0.1) is 15.9 Å². The van der Waals surface area contributed by atoms with Crippen molar-refractivity contribution in [1.82, 2.24) is 14.5 Å². The summed E-state index contributed by atoms with van der Waals surface area (Å²) in [5.41, 5.74) is 10.5. The second-order valence-electron chi connectivity index (χ2n) is 7.85. The number of nitrogen functional groups attached to an aromatic ring is 1. The van der Waals surface area contributed by atoms with Crippen molar-refractivity contribution in [2.75, 3.05) is 5.73 Å². The highest BCUT2D eigenvalue weighted by atomic mass is 32.2. The molecule has 0 fully saturated rings. The maximum atomic E-state index is 13.6. The van der Waals surface area contributed by atoms with Crippen molar-refractivity contribution in [3.8, 4) is 0 Å². The van der Waals surface area contributed by atoms with Crippen LogP contribution in [0.2, 0.25) is 0 Å². The number of nitrogens with two attached hydrogens (primary N) is 1. The first-order valence-corrected chi connectivity index (χ1v) is 11.0. The lowest BCUT2D eigenvalue weighted by atomic mass is 10.1. The third-order valence-electron chi connectivity index (χ3n) is 5.15. The standard InChI is InChI=1S/C22H24N4O2S/c1-13(2)12-26-21(23)20(29(27,28)16-10-9-14(3)15(4)11-16)19-22(26)25-18-8-6-5-7-17(18)24-19/h5-11,13H,12,23H2,1-4H3. The summed E-state index contributed by atoms with van der Waals surface area (Å²) in [7, 11) is -3.87. The van der Waals surface area contributed by atoms with Crippen LogP contribution in [0.3, 0.4) is 0 Å². The average molecular weight is 409 g/mol. The Labute approximate surface area is 170 Å². The van der Waals surface area contributed by atoms with Crippen molar-refractivity contribution < 1.29 is 8.42 Å². The summed E-state index contributed by atoms with van der Waals surface area (Å²) in [5.74, 6) is 0.445. The molecule has 0 aliphatic carbocycles. The molecule has 2 heterocycles. The van der Waals surface area contributed by atoms with E-state index in [0.717, 1.165) is 11.1 Å². The Morgan fingerprint density at radius 1 is 1.00 bits per heavy atom. The van der Waals surface area contributed by atoms with E-state index in [4.69, 9.17) is 10.7 Å². The molecule has 0 bridgehead atoms. The van der Waals surface area contributed by atoms with Gasteiger partial charge in [-0.25, -0.2) is 18.4 Å². The van der Waals surface area contributed by atoms with Gasteiger partial charge in [-0.15, -0.1) is 0 Å². The number of fused-ring (bicyclic) bond motifs is 2. The number of hydrogen-bond donors (Lipinski definition) is 1. The highest BCUT2D eigenvalue weighted by Crippen LogP contribution is 2.36. The summed E-state index contributed by atoms with van der Waals surface area (Å²) in [6, 6.07) is 12.5. The topological polar surface area (TPSA) is 90.9 Å². The summed E-state index contributed by atoms with van der Waals surface area (Å²) >= 11 is 0. The molecule has 29 heavy (non-hydrogen) atoms. The Morgan fingerprint density at radius 2 is 1.66 bits per heavy atom. The highest BCUT2D eigenvalue weighted by molar-refractivity contribution is 7.92. The predicted octanol–water partition coefficient (Wildman–Crippen LogP) is 4.27. The van der Waals surface area contributed by atoms with Gasteiger partial charge in [-0.05, 0) is 55.2 Å². The molecule has 4 aromatic rings. The molecule has 7 heteroatoms. The van der Waals surface area contributed by atoms with Crippen molar-refractivity contribution in [3.05, 3.63) is 53.6 Å². The molecular formula is C22H24N4O2S. The zero-order valence-corrected chi connectivity index (χ0v) is 17.8. The van der Waals surface area contributed by atoms with Gasteiger partial charge >= 0.3 is 0 Å². The molecule has 2 aromatic carbocycles. The molecule has 150 valence electrons. The molecule has 6 nitrogen and oxygen atoms in total. The lowest BCUT2D eigenvalue weighted by Gasteiger charge is -2.11. The number of sulfone groups is 1. The molecule has 0 amide bonds. The van der Waals surface area contributed by atoms with E-state index in [2.05, 4.69) is 18.8 Å². The fourth-order valence-electron chi connectivity index (χ4n) is 3.50. The molecule has 2 N–H and O–H groups in total. The van der Waals surface area contributed by atoms with Crippen molar-refractivity contribution in [2.45, 2.75) is 44.0 Å². The van der Waals surface area contributed by atoms with Crippen LogP contribution in [0.25, 0.3) is 22.2 Å². The van der Waals surface area contributed by atoms with Gasteiger partial charge in [-0.2, -0.15) is 0 Å². The van der Waals surface area contributed by atoms with Crippen LogP contribution in [0.5, 0.6) is 0 Å². The minimum Gasteiger partial charge on any atom is -0.384 e. The number of benzene rings is 2. The van der Waals surface area contributed by atoms with Gasteiger partial charge in [-0.1, -0.05) is 32.0 Å². The van der Waals surface area contributed by atoms with Crippen LogP contribution < -0.4 is 5.73 Å². The van der Waals surface area contributed by atoms with E-state index >= 15 is 0 Å². The number of hydrogen-bond acceptors (Lipinski definition) is 5. The molecular weight excluding hydrogens is 384 g/mol. The number of nitrogens with zero attached hydrogens (tertiary/aromatic N) is 3. The Kier molecular flexibility index (Phi) is 4.58. The summed E-state index contributed by atoms with van der Waals surface area (Å²) in [6.07, 6.45) is 0. The van der Waals surface area contributed by atoms with E-state index in [9.17, 15) is 8.42 Å². The van der Waals surface area contributed by atoms with Gasteiger partial charge in [0.15, 0.2) is 5.65 Å². The van der Waals surface area contributed by atoms with Gasteiger partial charge in [0.1, 0.15) is 16.2 Å². The summed E-state index contributed by atoms with van der Waals surface area (Å²) < 4.78 is 29.0. The Hall–Kier alpha value is -2.93. The van der Waals surface area contributed by atoms with Gasteiger partial charge in [0, 0.05) is 6.54 Å². The van der Waals surface area contributed by atoms with Crippen LogP contribution in [0.15, 0.2) is 52.3 Å². The van der Waals surface area contributed by atoms with Crippen LogP contribution >= 0.6 is 0 Å². The number of rotatable bonds is 4. The minimum absolute atomic E-state index is 0.0367. The molecule has 0 aliphatic heterocycles. The van der Waals surface area contributed by atoms with Crippen LogP contribution in [0.1, 0.15) is 25.0 Å². The first-order chi connectivity index (χ1) is 13.7. The summed E-state index contributed by atoms with van der Waals surface area (Å²) in [5, 5.41) is 0. The van der Waals surface area contributed by atoms with Crippen molar-refractivity contribution in [1.29, 1.82) is 0 Å². The van der Waals surface area contributed by atoms with Gasteiger partial charge in [0.25, 0.3) is 0 Å². The zero-order valence-electron chi connectivity index (χ0n) is 17.0. The van der Waals surface area contributed by atoms with E-state index < -0.39 is 9.84 Å². The van der Waals surface area contributed by atoms with Crippen LogP contribution in [0, 0.1) is 19.8 Å². The second-order valence-corrected chi connectivity index (χ2v) is 9.74. The molecule has 0 aliphatic rings. The molecule has 0 saturated heterocycles. The largest absolute Gasteiger partial charge is 0.384 e.